The van der Waals surface area contributed by atoms with Gasteiger partial charge >= 0.3 is 6.09 Å². The Morgan fingerprint density at radius 3 is 2.59 bits per heavy atom. The van der Waals surface area contributed by atoms with Crippen LogP contribution in [0.1, 0.15) is 39.2 Å². The maximum Gasteiger partial charge on any atom is 0.410 e. The van der Waals surface area contributed by atoms with E-state index in [4.69, 9.17) is 16.3 Å². The molecular weight excluding hydrogens is 366 g/mol. The average molecular weight is 396 g/mol. The summed E-state index contributed by atoms with van der Waals surface area (Å²) in [6.07, 6.45) is 4.43. The van der Waals surface area contributed by atoms with Gasteiger partial charge in [0.1, 0.15) is 10.8 Å². The summed E-state index contributed by atoms with van der Waals surface area (Å²) in [5.41, 5.74) is 0.623. The molecule has 1 fully saturated rings. The predicted octanol–water partition coefficient (Wildman–Crippen LogP) is 2.84. The van der Waals surface area contributed by atoms with Crippen LogP contribution in [0, 0.1) is 0 Å². The first-order valence-corrected chi connectivity index (χ1v) is 9.71. The van der Waals surface area contributed by atoms with Crippen molar-refractivity contribution in [3.63, 3.8) is 0 Å². The minimum atomic E-state index is -0.480. The molecule has 0 aromatic carbocycles. The van der Waals surface area contributed by atoms with Gasteiger partial charge in [-0.2, -0.15) is 0 Å². The number of carbonyl (C=O) groups excluding carboxylic acids is 1. The highest BCUT2D eigenvalue weighted by molar-refractivity contribution is 6.29. The third-order valence-electron chi connectivity index (χ3n) is 3.98. The Kier molecular flexibility index (Phi) is 7.71. The van der Waals surface area contributed by atoms with E-state index in [-0.39, 0.29) is 6.09 Å². The lowest BCUT2D eigenvalue weighted by molar-refractivity contribution is 0.0238. The quantitative estimate of drug-likeness (QED) is 0.421. The predicted molar refractivity (Wildman–Crippen MR) is 108 cm³/mol. The van der Waals surface area contributed by atoms with Gasteiger partial charge in [-0.3, -0.25) is 4.99 Å². The lowest BCUT2D eigenvalue weighted by Gasteiger charge is -2.27. The number of ether oxygens (including phenoxy) is 1. The number of pyridine rings is 1. The van der Waals surface area contributed by atoms with Crippen molar-refractivity contribution in [2.45, 2.75) is 51.7 Å². The first kappa shape index (κ1) is 21.3. The third kappa shape index (κ3) is 8.03. The number of nitrogens with one attached hydrogen (secondary N) is 2. The van der Waals surface area contributed by atoms with E-state index in [0.29, 0.717) is 30.2 Å². The van der Waals surface area contributed by atoms with Crippen molar-refractivity contribution in [3.05, 3.63) is 29.0 Å². The SMILES string of the molecule is CN=C(NCCc1ccc(Cl)nc1)NCCN(C(=O)OC(C)(C)C)C1CC1. The van der Waals surface area contributed by atoms with Crippen molar-refractivity contribution >= 4 is 23.7 Å². The first-order chi connectivity index (χ1) is 12.8. The van der Waals surface area contributed by atoms with Crippen LogP contribution in [0.5, 0.6) is 0 Å². The second-order valence-corrected chi connectivity index (χ2v) is 7.96. The number of hydrogen-bond donors (Lipinski definition) is 2. The van der Waals surface area contributed by atoms with Crippen molar-refractivity contribution in [2.75, 3.05) is 26.7 Å². The number of guanidine groups is 1. The Morgan fingerprint density at radius 1 is 1.33 bits per heavy atom. The molecule has 27 heavy (non-hydrogen) atoms. The molecule has 1 amide bonds. The first-order valence-electron chi connectivity index (χ1n) is 9.33. The highest BCUT2D eigenvalue weighted by Gasteiger charge is 2.34. The fraction of sp³-hybridized carbons (Fsp3) is 0.632. The van der Waals surface area contributed by atoms with Crippen LogP contribution in [-0.2, 0) is 11.2 Å². The molecule has 2 N–H and O–H groups in total. The Bertz CT molecular complexity index is 638. The second-order valence-electron chi connectivity index (χ2n) is 7.57. The van der Waals surface area contributed by atoms with Crippen LogP contribution in [0.25, 0.3) is 0 Å². The van der Waals surface area contributed by atoms with Crippen molar-refractivity contribution in [2.24, 2.45) is 4.99 Å². The highest BCUT2D eigenvalue weighted by Crippen LogP contribution is 2.27. The second kappa shape index (κ2) is 9.78. The van der Waals surface area contributed by atoms with E-state index >= 15 is 0 Å². The summed E-state index contributed by atoms with van der Waals surface area (Å²) in [6, 6.07) is 4.04. The van der Waals surface area contributed by atoms with Gasteiger partial charge in [0.15, 0.2) is 5.96 Å². The molecule has 1 aliphatic carbocycles. The molecule has 0 saturated heterocycles. The molecule has 150 valence electrons. The molecule has 1 saturated carbocycles. The fourth-order valence-corrected chi connectivity index (χ4v) is 2.64. The highest BCUT2D eigenvalue weighted by atomic mass is 35.5. The molecule has 1 aromatic rings. The normalized spacial score (nSPS) is 14.6. The van der Waals surface area contributed by atoms with Crippen molar-refractivity contribution in [1.82, 2.24) is 20.5 Å². The van der Waals surface area contributed by atoms with Crippen LogP contribution in [0.3, 0.4) is 0 Å². The van der Waals surface area contributed by atoms with E-state index in [0.717, 1.165) is 31.4 Å². The molecule has 7 nitrogen and oxygen atoms in total. The van der Waals surface area contributed by atoms with Gasteiger partial charge in [0, 0.05) is 38.9 Å². The Morgan fingerprint density at radius 2 is 2.04 bits per heavy atom. The van der Waals surface area contributed by atoms with Gasteiger partial charge in [0.25, 0.3) is 0 Å². The molecule has 1 aliphatic rings. The lowest BCUT2D eigenvalue weighted by atomic mass is 10.2. The zero-order valence-electron chi connectivity index (χ0n) is 16.6. The molecule has 0 bridgehead atoms. The lowest BCUT2D eigenvalue weighted by Crippen LogP contribution is -2.45. The number of aromatic nitrogens is 1. The van der Waals surface area contributed by atoms with Gasteiger partial charge in [-0.25, -0.2) is 9.78 Å². The van der Waals surface area contributed by atoms with E-state index in [2.05, 4.69) is 20.6 Å². The summed E-state index contributed by atoms with van der Waals surface area (Å²) in [5, 5.41) is 7.01. The minimum Gasteiger partial charge on any atom is -0.444 e. The van der Waals surface area contributed by atoms with Gasteiger partial charge in [-0.05, 0) is 51.7 Å². The zero-order valence-corrected chi connectivity index (χ0v) is 17.3. The molecule has 2 rings (SSSR count). The molecule has 0 aliphatic heterocycles. The van der Waals surface area contributed by atoms with Crippen LogP contribution in [0.4, 0.5) is 4.79 Å². The number of nitrogens with zero attached hydrogens (tertiary/aromatic N) is 3. The number of aliphatic imine (C=N–C) groups is 1. The Balaban J connectivity index is 1.72. The van der Waals surface area contributed by atoms with Crippen molar-refractivity contribution in [3.8, 4) is 0 Å². The maximum atomic E-state index is 12.4. The molecule has 0 spiro atoms. The Hall–Kier alpha value is -2.02. The van der Waals surface area contributed by atoms with E-state index in [9.17, 15) is 4.79 Å². The number of halogens is 1. The topological polar surface area (TPSA) is 78.9 Å². The molecule has 1 heterocycles. The van der Waals surface area contributed by atoms with E-state index < -0.39 is 5.60 Å². The van der Waals surface area contributed by atoms with Gasteiger partial charge in [0.05, 0.1) is 0 Å². The molecule has 1 aromatic heterocycles. The van der Waals surface area contributed by atoms with E-state index in [1.807, 2.05) is 31.7 Å². The van der Waals surface area contributed by atoms with Crippen LogP contribution < -0.4 is 10.6 Å². The molecule has 0 unspecified atom stereocenters. The monoisotopic (exact) mass is 395 g/mol. The molecule has 0 atom stereocenters. The molecule has 8 heteroatoms. The smallest absolute Gasteiger partial charge is 0.410 e. The number of amides is 1. The summed E-state index contributed by atoms with van der Waals surface area (Å²) < 4.78 is 5.51. The fourth-order valence-electron chi connectivity index (χ4n) is 2.52. The van der Waals surface area contributed by atoms with Gasteiger partial charge in [-0.1, -0.05) is 17.7 Å². The van der Waals surface area contributed by atoms with Crippen LogP contribution in [-0.4, -0.2) is 60.3 Å². The summed E-state index contributed by atoms with van der Waals surface area (Å²) in [7, 11) is 1.73. The zero-order chi connectivity index (χ0) is 19.9. The summed E-state index contributed by atoms with van der Waals surface area (Å²) in [5.74, 6) is 0.705. The summed E-state index contributed by atoms with van der Waals surface area (Å²) in [6.45, 7) is 7.57. The summed E-state index contributed by atoms with van der Waals surface area (Å²) in [4.78, 5) is 22.5. The standard InChI is InChI=1S/C19H30ClN5O2/c1-19(2,3)27-18(26)25(15-6-7-15)12-11-23-17(21-4)22-10-9-14-5-8-16(20)24-13-14/h5,8,13,15H,6-7,9-12H2,1-4H3,(H2,21,22,23). The number of rotatable bonds is 7. The van der Waals surface area contributed by atoms with Crippen molar-refractivity contribution < 1.29 is 9.53 Å². The van der Waals surface area contributed by atoms with Gasteiger partial charge < -0.3 is 20.3 Å². The Labute approximate surface area is 166 Å². The van der Waals surface area contributed by atoms with Crippen molar-refractivity contribution in [1.29, 1.82) is 0 Å². The van der Waals surface area contributed by atoms with Gasteiger partial charge in [0.2, 0.25) is 0 Å². The molecular formula is C19H30ClN5O2. The minimum absolute atomic E-state index is 0.245. The van der Waals surface area contributed by atoms with Crippen LogP contribution in [0.15, 0.2) is 23.3 Å². The molecule has 0 radical (unpaired) electrons. The van der Waals surface area contributed by atoms with E-state index in [1.54, 1.807) is 19.3 Å². The largest absolute Gasteiger partial charge is 0.444 e. The number of carbonyl (C=O) groups is 1. The van der Waals surface area contributed by atoms with E-state index in [1.165, 1.54) is 0 Å². The van der Waals surface area contributed by atoms with Gasteiger partial charge in [-0.15, -0.1) is 0 Å². The third-order valence-corrected chi connectivity index (χ3v) is 4.20. The van der Waals surface area contributed by atoms with Crippen LogP contribution >= 0.6 is 11.6 Å². The summed E-state index contributed by atoms with van der Waals surface area (Å²) >= 11 is 5.79. The number of hydrogen-bond acceptors (Lipinski definition) is 4. The average Bonchev–Trinajstić information content (AvgIpc) is 3.42. The van der Waals surface area contributed by atoms with Crippen LogP contribution in [0.2, 0.25) is 5.15 Å². The maximum absolute atomic E-state index is 12.4.